The number of aryl methyl sites for hydroxylation is 2. The Balaban J connectivity index is 1.47. The molecule has 2 aliphatic rings. The van der Waals surface area contributed by atoms with Crippen LogP contribution in [0, 0.1) is 13.8 Å². The van der Waals surface area contributed by atoms with Crippen molar-refractivity contribution in [1.82, 2.24) is 9.29 Å². The van der Waals surface area contributed by atoms with Crippen LogP contribution in [0.5, 0.6) is 0 Å². The zero-order chi connectivity index (χ0) is 23.9. The number of anilines is 1. The summed E-state index contributed by atoms with van der Waals surface area (Å²) in [5.41, 5.74) is 3.55. The first-order valence-corrected chi connectivity index (χ1v) is 14.0. The molecule has 2 fully saturated rings. The fourth-order valence-corrected chi connectivity index (χ4v) is 7.24. The van der Waals surface area contributed by atoms with Crippen molar-refractivity contribution in [2.45, 2.75) is 50.5 Å². The first-order valence-electron chi connectivity index (χ1n) is 11.7. The number of hydrogen-bond acceptors (Lipinski definition) is 6. The molecule has 0 saturated carbocycles. The van der Waals surface area contributed by atoms with Crippen LogP contribution >= 0.6 is 11.3 Å². The SMILES string of the molecule is Cc1ccc(C)c2sc(N(CC3CCCO3)C(=O)c3ccc(S(=O)(=O)N4CCCC4)cc3)nc12. The van der Waals surface area contributed by atoms with Crippen LogP contribution < -0.4 is 4.90 Å². The molecule has 0 radical (unpaired) electrons. The highest BCUT2D eigenvalue weighted by molar-refractivity contribution is 7.89. The minimum Gasteiger partial charge on any atom is -0.376 e. The predicted molar refractivity (Wildman–Crippen MR) is 134 cm³/mol. The van der Waals surface area contributed by atoms with E-state index in [1.165, 1.54) is 27.8 Å². The van der Waals surface area contributed by atoms with E-state index in [-0.39, 0.29) is 16.9 Å². The summed E-state index contributed by atoms with van der Waals surface area (Å²) >= 11 is 1.51. The number of sulfonamides is 1. The highest BCUT2D eigenvalue weighted by Gasteiger charge is 2.30. The first-order chi connectivity index (χ1) is 16.3. The van der Waals surface area contributed by atoms with Crippen LogP contribution in [0.15, 0.2) is 41.3 Å². The Kier molecular flexibility index (Phi) is 6.45. The first kappa shape index (κ1) is 23.4. The molecule has 1 atom stereocenters. The van der Waals surface area contributed by atoms with Crippen LogP contribution in [0.3, 0.4) is 0 Å². The van der Waals surface area contributed by atoms with Gasteiger partial charge in [-0.05, 0) is 74.9 Å². The minimum absolute atomic E-state index is 0.0343. The number of ether oxygens (including phenoxy) is 1. The average Bonchev–Trinajstić information content (AvgIpc) is 3.61. The van der Waals surface area contributed by atoms with Crippen molar-refractivity contribution in [2.75, 3.05) is 31.1 Å². The lowest BCUT2D eigenvalue weighted by Gasteiger charge is -2.23. The fourth-order valence-electron chi connectivity index (χ4n) is 4.61. The van der Waals surface area contributed by atoms with Gasteiger partial charge >= 0.3 is 0 Å². The summed E-state index contributed by atoms with van der Waals surface area (Å²) in [6, 6.07) is 10.4. The van der Waals surface area contributed by atoms with Gasteiger partial charge in [-0.15, -0.1) is 0 Å². The molecule has 3 heterocycles. The summed E-state index contributed by atoms with van der Waals surface area (Å²) in [6.07, 6.45) is 3.62. The lowest BCUT2D eigenvalue weighted by atomic mass is 10.1. The maximum Gasteiger partial charge on any atom is 0.260 e. The number of amides is 1. The maximum atomic E-state index is 13.7. The molecule has 2 aromatic carbocycles. The van der Waals surface area contributed by atoms with Crippen molar-refractivity contribution in [3.8, 4) is 0 Å². The molecule has 0 spiro atoms. The van der Waals surface area contributed by atoms with Gasteiger partial charge in [0.1, 0.15) is 0 Å². The zero-order valence-corrected chi connectivity index (χ0v) is 21.1. The number of carbonyl (C=O) groups excluding carboxylic acids is 1. The van der Waals surface area contributed by atoms with Gasteiger partial charge in [0.05, 0.1) is 27.8 Å². The van der Waals surface area contributed by atoms with Crippen molar-refractivity contribution >= 4 is 42.6 Å². The molecule has 3 aromatic rings. The Morgan fingerprint density at radius 1 is 1.09 bits per heavy atom. The van der Waals surface area contributed by atoms with Crippen LogP contribution in [-0.4, -0.2) is 56.0 Å². The molecule has 0 bridgehead atoms. The van der Waals surface area contributed by atoms with Crippen molar-refractivity contribution < 1.29 is 17.9 Å². The maximum absolute atomic E-state index is 13.7. The van der Waals surface area contributed by atoms with Crippen molar-refractivity contribution in [2.24, 2.45) is 0 Å². The van der Waals surface area contributed by atoms with E-state index in [0.717, 1.165) is 47.0 Å². The van der Waals surface area contributed by atoms with Crippen LogP contribution in [0.4, 0.5) is 5.13 Å². The number of aromatic nitrogens is 1. The summed E-state index contributed by atoms with van der Waals surface area (Å²) in [4.78, 5) is 20.4. The quantitative estimate of drug-likeness (QED) is 0.498. The monoisotopic (exact) mass is 499 g/mol. The summed E-state index contributed by atoms with van der Waals surface area (Å²) in [6.45, 7) is 6.30. The molecule has 2 aliphatic heterocycles. The average molecular weight is 500 g/mol. The van der Waals surface area contributed by atoms with Crippen LogP contribution in [0.25, 0.3) is 10.2 Å². The van der Waals surface area contributed by atoms with Gasteiger partial charge in [-0.1, -0.05) is 23.5 Å². The molecule has 7 nitrogen and oxygen atoms in total. The van der Waals surface area contributed by atoms with E-state index in [4.69, 9.17) is 9.72 Å². The Labute approximate surface area is 204 Å². The van der Waals surface area contributed by atoms with Gasteiger partial charge < -0.3 is 4.74 Å². The van der Waals surface area contributed by atoms with E-state index in [0.29, 0.717) is 36.9 Å². The molecule has 1 unspecified atom stereocenters. The van der Waals surface area contributed by atoms with Crippen LogP contribution in [0.1, 0.15) is 47.2 Å². The van der Waals surface area contributed by atoms with E-state index in [9.17, 15) is 13.2 Å². The fraction of sp³-hybridized carbons (Fsp3) is 0.440. The van der Waals surface area contributed by atoms with Gasteiger partial charge in [0.2, 0.25) is 10.0 Å². The third-order valence-corrected chi connectivity index (χ3v) is 9.75. The van der Waals surface area contributed by atoms with E-state index in [1.54, 1.807) is 17.0 Å². The molecule has 5 rings (SSSR count). The summed E-state index contributed by atoms with van der Waals surface area (Å²) in [5, 5.41) is 0.640. The number of thiazole rings is 1. The van der Waals surface area contributed by atoms with Gasteiger partial charge in [0.25, 0.3) is 5.91 Å². The van der Waals surface area contributed by atoms with Gasteiger partial charge in [0.15, 0.2) is 5.13 Å². The predicted octanol–water partition coefficient (Wildman–Crippen LogP) is 4.52. The molecule has 2 saturated heterocycles. The Morgan fingerprint density at radius 2 is 1.79 bits per heavy atom. The summed E-state index contributed by atoms with van der Waals surface area (Å²) in [5.74, 6) is -0.199. The summed E-state index contributed by atoms with van der Waals surface area (Å²) < 4.78 is 34.2. The minimum atomic E-state index is -3.52. The lowest BCUT2D eigenvalue weighted by Crippen LogP contribution is -2.37. The molecule has 1 aromatic heterocycles. The highest BCUT2D eigenvalue weighted by Crippen LogP contribution is 2.34. The molecule has 0 aliphatic carbocycles. The van der Waals surface area contributed by atoms with Gasteiger partial charge in [-0.2, -0.15) is 4.31 Å². The van der Waals surface area contributed by atoms with Crippen LogP contribution in [-0.2, 0) is 14.8 Å². The number of nitrogens with zero attached hydrogens (tertiary/aromatic N) is 3. The number of benzene rings is 2. The zero-order valence-electron chi connectivity index (χ0n) is 19.5. The van der Waals surface area contributed by atoms with E-state index < -0.39 is 10.0 Å². The molecule has 0 N–H and O–H groups in total. The van der Waals surface area contributed by atoms with Gasteiger partial charge in [0, 0.05) is 25.3 Å². The molecule has 34 heavy (non-hydrogen) atoms. The van der Waals surface area contributed by atoms with Crippen molar-refractivity contribution in [1.29, 1.82) is 0 Å². The number of rotatable bonds is 6. The smallest absolute Gasteiger partial charge is 0.260 e. The summed E-state index contributed by atoms with van der Waals surface area (Å²) in [7, 11) is -3.52. The Bertz CT molecular complexity index is 1270. The second-order valence-electron chi connectivity index (χ2n) is 9.06. The molecular weight excluding hydrogens is 470 g/mol. The number of carbonyl (C=O) groups is 1. The Hall–Kier alpha value is -2.33. The molecule has 180 valence electrons. The number of hydrogen-bond donors (Lipinski definition) is 0. The topological polar surface area (TPSA) is 79.8 Å². The number of fused-ring (bicyclic) bond motifs is 1. The normalized spacial score (nSPS) is 19.2. The molecular formula is C25H29N3O4S2. The Morgan fingerprint density at radius 3 is 2.44 bits per heavy atom. The third-order valence-electron chi connectivity index (χ3n) is 6.62. The van der Waals surface area contributed by atoms with Gasteiger partial charge in [-0.3, -0.25) is 9.69 Å². The molecule has 9 heteroatoms. The van der Waals surface area contributed by atoms with Crippen molar-refractivity contribution in [3.63, 3.8) is 0 Å². The second-order valence-corrected chi connectivity index (χ2v) is 12.0. The van der Waals surface area contributed by atoms with E-state index in [1.807, 2.05) is 13.0 Å². The third kappa shape index (κ3) is 4.37. The standard InChI is InChI=1S/C25H29N3O4S2/c1-17-7-8-18(2)23-22(17)26-25(33-23)28(16-20-6-5-15-32-20)24(29)19-9-11-21(12-10-19)34(30,31)27-13-3-4-14-27/h7-12,20H,3-6,13-16H2,1-2H3. The second kappa shape index (κ2) is 9.37. The highest BCUT2D eigenvalue weighted by atomic mass is 32.2. The van der Waals surface area contributed by atoms with Crippen molar-refractivity contribution in [3.05, 3.63) is 53.1 Å². The largest absolute Gasteiger partial charge is 0.376 e. The van der Waals surface area contributed by atoms with E-state index in [2.05, 4.69) is 13.0 Å². The van der Waals surface area contributed by atoms with Crippen LogP contribution in [0.2, 0.25) is 0 Å². The van der Waals surface area contributed by atoms with E-state index >= 15 is 0 Å². The van der Waals surface area contributed by atoms with Gasteiger partial charge in [-0.25, -0.2) is 13.4 Å². The molecule has 1 amide bonds. The lowest BCUT2D eigenvalue weighted by molar-refractivity contribution is 0.0917.